The summed E-state index contributed by atoms with van der Waals surface area (Å²) in [6, 6.07) is 3.78. The third-order valence-corrected chi connectivity index (χ3v) is 2.35. The molecule has 2 aromatic heterocycles. The molecule has 0 aliphatic rings. The lowest BCUT2D eigenvalue weighted by atomic mass is 10.2. The molecule has 0 saturated heterocycles. The van der Waals surface area contributed by atoms with E-state index in [2.05, 4.69) is 4.98 Å². The molecule has 0 aromatic carbocycles. The van der Waals surface area contributed by atoms with Gasteiger partial charge in [0.2, 0.25) is 0 Å². The van der Waals surface area contributed by atoms with Crippen molar-refractivity contribution in [3.63, 3.8) is 0 Å². The summed E-state index contributed by atoms with van der Waals surface area (Å²) in [5.74, 6) is 0.539. The quantitative estimate of drug-likeness (QED) is 0.837. The van der Waals surface area contributed by atoms with Crippen LogP contribution in [0.5, 0.6) is 0 Å². The normalized spacial score (nSPS) is 13.3. The molecule has 0 aliphatic heterocycles. The van der Waals surface area contributed by atoms with Gasteiger partial charge in [-0.3, -0.25) is 0 Å². The molecule has 2 aromatic rings. The first-order valence-electron chi connectivity index (χ1n) is 4.93. The Morgan fingerprint density at radius 1 is 1.47 bits per heavy atom. The third-order valence-electron chi connectivity index (χ3n) is 2.35. The molecule has 0 amide bonds. The van der Waals surface area contributed by atoms with E-state index in [1.807, 2.05) is 18.4 Å². The fraction of sp³-hybridized carbons (Fsp3) is 0.364. The van der Waals surface area contributed by atoms with Crippen LogP contribution in [0.15, 0.2) is 35.3 Å². The van der Waals surface area contributed by atoms with E-state index in [9.17, 15) is 5.11 Å². The Balaban J connectivity index is 2.33. The van der Waals surface area contributed by atoms with E-state index in [1.54, 1.807) is 30.9 Å². The molecule has 1 unspecified atom stereocenters. The van der Waals surface area contributed by atoms with Crippen molar-refractivity contribution in [2.24, 2.45) is 0 Å². The molecular weight excluding hydrogens is 192 g/mol. The third kappa shape index (κ3) is 1.80. The van der Waals surface area contributed by atoms with E-state index in [4.69, 9.17) is 4.42 Å². The SMILES string of the molecule is CC(C)n1cncc1C(O)c1ccco1. The highest BCUT2D eigenvalue weighted by Gasteiger charge is 2.18. The lowest BCUT2D eigenvalue weighted by Gasteiger charge is -2.14. The summed E-state index contributed by atoms with van der Waals surface area (Å²) in [4.78, 5) is 4.04. The maximum absolute atomic E-state index is 10.0. The molecule has 15 heavy (non-hydrogen) atoms. The van der Waals surface area contributed by atoms with Gasteiger partial charge in [-0.2, -0.15) is 0 Å². The molecule has 4 heteroatoms. The van der Waals surface area contributed by atoms with Crippen molar-refractivity contribution in [2.45, 2.75) is 26.0 Å². The van der Waals surface area contributed by atoms with Crippen LogP contribution in [0.4, 0.5) is 0 Å². The highest BCUT2D eigenvalue weighted by Crippen LogP contribution is 2.23. The predicted molar refractivity (Wildman–Crippen MR) is 55.4 cm³/mol. The van der Waals surface area contributed by atoms with Gasteiger partial charge in [-0.1, -0.05) is 0 Å². The van der Waals surface area contributed by atoms with Gasteiger partial charge in [0.05, 0.1) is 24.5 Å². The molecule has 1 N–H and O–H groups in total. The molecule has 0 aliphatic carbocycles. The fourth-order valence-corrected chi connectivity index (χ4v) is 1.55. The van der Waals surface area contributed by atoms with Crippen LogP contribution in [-0.4, -0.2) is 14.7 Å². The van der Waals surface area contributed by atoms with Crippen molar-refractivity contribution in [2.75, 3.05) is 0 Å². The van der Waals surface area contributed by atoms with Crippen LogP contribution in [0, 0.1) is 0 Å². The lowest BCUT2D eigenvalue weighted by molar-refractivity contribution is 0.178. The number of furan rings is 1. The van der Waals surface area contributed by atoms with Crippen molar-refractivity contribution < 1.29 is 9.52 Å². The summed E-state index contributed by atoms with van der Waals surface area (Å²) in [7, 11) is 0. The van der Waals surface area contributed by atoms with Crippen LogP contribution in [0.3, 0.4) is 0 Å². The smallest absolute Gasteiger partial charge is 0.153 e. The van der Waals surface area contributed by atoms with Gasteiger partial charge < -0.3 is 14.1 Å². The molecule has 1 atom stereocenters. The zero-order chi connectivity index (χ0) is 10.8. The lowest BCUT2D eigenvalue weighted by Crippen LogP contribution is -2.09. The van der Waals surface area contributed by atoms with Crippen LogP contribution in [0.25, 0.3) is 0 Å². The molecule has 0 saturated carbocycles. The molecule has 0 radical (unpaired) electrons. The Morgan fingerprint density at radius 2 is 2.27 bits per heavy atom. The monoisotopic (exact) mass is 206 g/mol. The van der Waals surface area contributed by atoms with Gasteiger partial charge in [0.1, 0.15) is 5.76 Å². The number of rotatable bonds is 3. The number of hydrogen-bond acceptors (Lipinski definition) is 3. The Kier molecular flexibility index (Phi) is 2.60. The van der Waals surface area contributed by atoms with Crippen molar-refractivity contribution >= 4 is 0 Å². The van der Waals surface area contributed by atoms with Crippen molar-refractivity contribution in [3.05, 3.63) is 42.4 Å². The standard InChI is InChI=1S/C11H14N2O2/c1-8(2)13-7-12-6-9(13)11(14)10-4-3-5-15-10/h3-8,11,14H,1-2H3. The summed E-state index contributed by atoms with van der Waals surface area (Å²) in [6.07, 6.45) is 4.18. The van der Waals surface area contributed by atoms with Gasteiger partial charge in [-0.25, -0.2) is 4.98 Å². The van der Waals surface area contributed by atoms with Gasteiger partial charge in [-0.05, 0) is 26.0 Å². The van der Waals surface area contributed by atoms with Crippen LogP contribution in [0.2, 0.25) is 0 Å². The van der Waals surface area contributed by atoms with Gasteiger partial charge in [0.25, 0.3) is 0 Å². The zero-order valence-corrected chi connectivity index (χ0v) is 8.79. The number of nitrogens with zero attached hydrogens (tertiary/aromatic N) is 2. The second-order valence-electron chi connectivity index (χ2n) is 3.74. The number of imidazole rings is 1. The Morgan fingerprint density at radius 3 is 2.87 bits per heavy atom. The van der Waals surface area contributed by atoms with E-state index in [0.29, 0.717) is 5.76 Å². The molecule has 4 nitrogen and oxygen atoms in total. The Bertz CT molecular complexity index is 417. The summed E-state index contributed by atoms with van der Waals surface area (Å²) < 4.78 is 7.09. The Hall–Kier alpha value is -1.55. The number of aliphatic hydroxyl groups excluding tert-OH is 1. The van der Waals surface area contributed by atoms with E-state index >= 15 is 0 Å². The predicted octanol–water partition coefficient (Wildman–Crippen LogP) is 2.14. The number of aliphatic hydroxyl groups is 1. The minimum atomic E-state index is -0.745. The topological polar surface area (TPSA) is 51.2 Å². The van der Waals surface area contributed by atoms with E-state index in [-0.39, 0.29) is 6.04 Å². The van der Waals surface area contributed by atoms with Crippen LogP contribution in [0.1, 0.15) is 37.4 Å². The summed E-state index contributed by atoms with van der Waals surface area (Å²) in [5, 5.41) is 10.0. The van der Waals surface area contributed by atoms with E-state index in [0.717, 1.165) is 5.69 Å². The van der Waals surface area contributed by atoms with E-state index < -0.39 is 6.10 Å². The van der Waals surface area contributed by atoms with Gasteiger partial charge in [-0.15, -0.1) is 0 Å². The van der Waals surface area contributed by atoms with Crippen molar-refractivity contribution in [3.8, 4) is 0 Å². The van der Waals surface area contributed by atoms with Gasteiger partial charge in [0.15, 0.2) is 6.10 Å². The maximum Gasteiger partial charge on any atom is 0.153 e. The first kappa shape index (κ1) is 9.98. The van der Waals surface area contributed by atoms with Gasteiger partial charge in [0, 0.05) is 6.04 Å². The molecule has 0 bridgehead atoms. The molecule has 2 rings (SSSR count). The molecule has 0 fully saturated rings. The molecule has 0 spiro atoms. The summed E-state index contributed by atoms with van der Waals surface area (Å²) in [6.45, 7) is 4.08. The molecule has 80 valence electrons. The van der Waals surface area contributed by atoms with Crippen LogP contribution < -0.4 is 0 Å². The molecular formula is C11H14N2O2. The first-order chi connectivity index (χ1) is 7.20. The highest BCUT2D eigenvalue weighted by atomic mass is 16.4. The summed E-state index contributed by atoms with van der Waals surface area (Å²) >= 11 is 0. The van der Waals surface area contributed by atoms with Crippen molar-refractivity contribution in [1.82, 2.24) is 9.55 Å². The average molecular weight is 206 g/mol. The summed E-state index contributed by atoms with van der Waals surface area (Å²) in [5.41, 5.74) is 0.750. The van der Waals surface area contributed by atoms with E-state index in [1.165, 1.54) is 0 Å². The average Bonchev–Trinajstić information content (AvgIpc) is 2.88. The highest BCUT2D eigenvalue weighted by molar-refractivity contribution is 5.16. The largest absolute Gasteiger partial charge is 0.466 e. The number of aromatic nitrogens is 2. The Labute approximate surface area is 88.2 Å². The fourth-order valence-electron chi connectivity index (χ4n) is 1.55. The van der Waals surface area contributed by atoms with Gasteiger partial charge >= 0.3 is 0 Å². The van der Waals surface area contributed by atoms with Crippen LogP contribution >= 0.6 is 0 Å². The van der Waals surface area contributed by atoms with Crippen LogP contribution in [-0.2, 0) is 0 Å². The minimum Gasteiger partial charge on any atom is -0.466 e. The number of hydrogen-bond donors (Lipinski definition) is 1. The minimum absolute atomic E-state index is 0.270. The molecule has 2 heterocycles. The first-order valence-corrected chi connectivity index (χ1v) is 4.93. The van der Waals surface area contributed by atoms with Crippen molar-refractivity contribution in [1.29, 1.82) is 0 Å². The maximum atomic E-state index is 10.0. The second-order valence-corrected chi connectivity index (χ2v) is 3.74. The zero-order valence-electron chi connectivity index (χ0n) is 8.79. The second kappa shape index (κ2) is 3.90.